The van der Waals surface area contributed by atoms with E-state index in [0.717, 1.165) is 4.90 Å². The second-order valence-corrected chi connectivity index (χ2v) is 7.51. The fraction of sp³-hybridized carbons (Fsp3) is 0.375. The number of methoxy groups -OCH3 is 2. The zero-order chi connectivity index (χ0) is 23.1. The molecule has 3 rings (SSSR count). The average molecular weight is 438 g/mol. The quantitative estimate of drug-likeness (QED) is 0.416. The van der Waals surface area contributed by atoms with E-state index in [4.69, 9.17) is 20.3 Å². The summed E-state index contributed by atoms with van der Waals surface area (Å²) in [6, 6.07) is 10.4. The largest absolute Gasteiger partial charge is 0.496 e. The molecule has 0 saturated carbocycles. The van der Waals surface area contributed by atoms with E-state index >= 15 is 0 Å². The molecule has 1 atom stereocenters. The first-order valence-corrected chi connectivity index (χ1v) is 10.2. The molecule has 3 amide bonds. The van der Waals surface area contributed by atoms with E-state index in [9.17, 15) is 14.4 Å². The van der Waals surface area contributed by atoms with Crippen LogP contribution in [0, 0.1) is 12.3 Å². The molecule has 168 valence electrons. The molecule has 1 fully saturated rings. The van der Waals surface area contributed by atoms with E-state index in [1.807, 2.05) is 0 Å². The highest BCUT2D eigenvalue weighted by Gasteiger charge is 2.55. The van der Waals surface area contributed by atoms with Crippen LogP contribution >= 0.6 is 0 Å². The van der Waals surface area contributed by atoms with Gasteiger partial charge in [-0.25, -0.2) is 0 Å². The van der Waals surface area contributed by atoms with E-state index in [1.54, 1.807) is 36.4 Å². The fourth-order valence-electron chi connectivity index (χ4n) is 4.00. The number of terminal acetylenes is 1. The van der Waals surface area contributed by atoms with Crippen molar-refractivity contribution in [1.82, 2.24) is 9.80 Å². The van der Waals surface area contributed by atoms with Crippen LogP contribution in [0.3, 0.4) is 0 Å². The number of likely N-dealkylation sites (tertiary alicyclic amines) is 1. The van der Waals surface area contributed by atoms with Gasteiger partial charge in [-0.05, 0) is 18.2 Å². The van der Waals surface area contributed by atoms with Gasteiger partial charge in [0.25, 0.3) is 0 Å². The third-order valence-electron chi connectivity index (χ3n) is 5.56. The lowest BCUT2D eigenvalue weighted by atomic mass is 9.75. The highest BCUT2D eigenvalue weighted by molar-refractivity contribution is 6.11. The number of imide groups is 1. The molecular weight excluding hydrogens is 412 g/mol. The van der Waals surface area contributed by atoms with Crippen molar-refractivity contribution in [1.29, 1.82) is 0 Å². The Morgan fingerprint density at radius 1 is 1.25 bits per heavy atom. The summed E-state index contributed by atoms with van der Waals surface area (Å²) >= 11 is 0. The molecule has 1 saturated heterocycles. The summed E-state index contributed by atoms with van der Waals surface area (Å²) in [6.45, 7) is 0.513. The topological polar surface area (TPSA) is 89.3 Å². The van der Waals surface area contributed by atoms with Crippen LogP contribution in [0.4, 0.5) is 0 Å². The molecule has 2 aromatic rings. The number of furan rings is 1. The van der Waals surface area contributed by atoms with Crippen LogP contribution in [-0.4, -0.2) is 61.4 Å². The van der Waals surface area contributed by atoms with E-state index in [2.05, 4.69) is 5.92 Å². The predicted molar refractivity (Wildman–Crippen MR) is 115 cm³/mol. The number of carbonyl (C=O) groups excluding carboxylic acids is 3. The number of amides is 3. The normalized spacial score (nSPS) is 18.0. The van der Waals surface area contributed by atoms with Crippen molar-refractivity contribution >= 4 is 17.7 Å². The van der Waals surface area contributed by atoms with Crippen molar-refractivity contribution < 1.29 is 28.3 Å². The number of hydrogen-bond acceptors (Lipinski definition) is 6. The average Bonchev–Trinajstić information content (AvgIpc) is 3.39. The van der Waals surface area contributed by atoms with Gasteiger partial charge >= 0.3 is 0 Å². The highest BCUT2D eigenvalue weighted by atomic mass is 16.5. The standard InChI is InChI=1S/C24H26N2O6/c1-4-11-25(17-18-8-7-13-32-18)21(27)15-24(19-9-5-6-10-20(19)31-3)16-22(28)26(23(24)29)12-14-30-2/h1,5-10,13H,11-12,14-17H2,2-3H3. The Morgan fingerprint density at radius 2 is 2.03 bits per heavy atom. The number of benzene rings is 1. The molecule has 0 spiro atoms. The molecule has 32 heavy (non-hydrogen) atoms. The van der Waals surface area contributed by atoms with Crippen LogP contribution in [-0.2, 0) is 31.1 Å². The van der Waals surface area contributed by atoms with Crippen molar-refractivity contribution in [2.45, 2.75) is 24.8 Å². The van der Waals surface area contributed by atoms with Crippen molar-refractivity contribution in [3.63, 3.8) is 0 Å². The second kappa shape index (κ2) is 10.2. The Kier molecular flexibility index (Phi) is 7.33. The maximum Gasteiger partial charge on any atom is 0.241 e. The lowest BCUT2D eigenvalue weighted by molar-refractivity contribution is -0.143. The summed E-state index contributed by atoms with van der Waals surface area (Å²) in [4.78, 5) is 42.5. The molecule has 0 aliphatic carbocycles. The third kappa shape index (κ3) is 4.53. The lowest BCUT2D eigenvalue weighted by Gasteiger charge is -2.30. The first-order valence-electron chi connectivity index (χ1n) is 10.2. The zero-order valence-electron chi connectivity index (χ0n) is 18.2. The molecule has 0 radical (unpaired) electrons. The molecule has 8 nitrogen and oxygen atoms in total. The van der Waals surface area contributed by atoms with Crippen LogP contribution in [0.25, 0.3) is 0 Å². The zero-order valence-corrected chi connectivity index (χ0v) is 18.2. The molecule has 1 aromatic heterocycles. The molecule has 1 unspecified atom stereocenters. The van der Waals surface area contributed by atoms with Gasteiger partial charge in [-0.1, -0.05) is 24.1 Å². The van der Waals surface area contributed by atoms with E-state index in [1.165, 1.54) is 25.4 Å². The van der Waals surface area contributed by atoms with Crippen LogP contribution in [0.1, 0.15) is 24.2 Å². The van der Waals surface area contributed by atoms with Gasteiger partial charge in [-0.2, -0.15) is 0 Å². The summed E-state index contributed by atoms with van der Waals surface area (Å²) in [6.07, 6.45) is 6.61. The number of nitrogens with zero attached hydrogens (tertiary/aromatic N) is 2. The number of hydrogen-bond donors (Lipinski definition) is 0. The minimum absolute atomic E-state index is 0.0388. The van der Waals surface area contributed by atoms with Crippen molar-refractivity contribution in [2.75, 3.05) is 33.9 Å². The lowest BCUT2D eigenvalue weighted by Crippen LogP contribution is -2.44. The van der Waals surface area contributed by atoms with Gasteiger partial charge in [0.05, 0.1) is 45.0 Å². The van der Waals surface area contributed by atoms with Gasteiger partial charge in [0, 0.05) is 25.5 Å². The SMILES string of the molecule is C#CCN(Cc1ccco1)C(=O)CC1(c2ccccc2OC)CC(=O)N(CCOC)C1=O. The van der Waals surface area contributed by atoms with Crippen LogP contribution < -0.4 is 4.74 Å². The van der Waals surface area contributed by atoms with Gasteiger partial charge < -0.3 is 18.8 Å². The smallest absolute Gasteiger partial charge is 0.241 e. The molecule has 1 aromatic carbocycles. The molecular formula is C24H26N2O6. The minimum atomic E-state index is -1.40. The predicted octanol–water partition coefficient (Wildman–Crippen LogP) is 1.98. The van der Waals surface area contributed by atoms with E-state index in [0.29, 0.717) is 17.1 Å². The first kappa shape index (κ1) is 23.1. The summed E-state index contributed by atoms with van der Waals surface area (Å²) < 4.78 is 15.9. The maximum atomic E-state index is 13.6. The third-order valence-corrected chi connectivity index (χ3v) is 5.56. The molecule has 0 bridgehead atoms. The molecule has 0 N–H and O–H groups in total. The summed E-state index contributed by atoms with van der Waals surface area (Å²) in [5.74, 6) is 2.31. The Bertz CT molecular complexity index is 1010. The second-order valence-electron chi connectivity index (χ2n) is 7.51. The fourth-order valence-corrected chi connectivity index (χ4v) is 4.00. The Hall–Kier alpha value is -3.57. The Morgan fingerprint density at radius 3 is 2.69 bits per heavy atom. The van der Waals surface area contributed by atoms with E-state index in [-0.39, 0.29) is 50.9 Å². The number of carbonyl (C=O) groups is 3. The monoisotopic (exact) mass is 438 g/mol. The summed E-state index contributed by atoms with van der Waals surface area (Å²) in [5, 5.41) is 0. The Balaban J connectivity index is 2.00. The van der Waals surface area contributed by atoms with Crippen molar-refractivity contribution in [2.24, 2.45) is 0 Å². The molecule has 1 aliphatic heterocycles. The van der Waals surface area contributed by atoms with Gasteiger partial charge in [-0.15, -0.1) is 6.42 Å². The van der Waals surface area contributed by atoms with Gasteiger partial charge in [0.2, 0.25) is 17.7 Å². The van der Waals surface area contributed by atoms with Gasteiger partial charge in [0.15, 0.2) is 0 Å². The van der Waals surface area contributed by atoms with Crippen LogP contribution in [0.15, 0.2) is 47.1 Å². The summed E-state index contributed by atoms with van der Waals surface area (Å²) in [5.41, 5.74) is -0.905. The number of rotatable bonds is 10. The van der Waals surface area contributed by atoms with Crippen molar-refractivity contribution in [3.8, 4) is 18.1 Å². The van der Waals surface area contributed by atoms with Crippen LogP contribution in [0.5, 0.6) is 5.75 Å². The first-order chi connectivity index (χ1) is 15.5. The number of para-hydroxylation sites is 1. The number of ether oxygens (including phenoxy) is 2. The van der Waals surface area contributed by atoms with Crippen molar-refractivity contribution in [3.05, 3.63) is 54.0 Å². The minimum Gasteiger partial charge on any atom is -0.496 e. The van der Waals surface area contributed by atoms with Gasteiger partial charge in [0.1, 0.15) is 11.5 Å². The molecule has 8 heteroatoms. The van der Waals surface area contributed by atoms with E-state index < -0.39 is 11.3 Å². The van der Waals surface area contributed by atoms with Gasteiger partial charge in [-0.3, -0.25) is 19.3 Å². The van der Waals surface area contributed by atoms with Crippen LogP contribution in [0.2, 0.25) is 0 Å². The molecule has 1 aliphatic rings. The summed E-state index contributed by atoms with van der Waals surface area (Å²) in [7, 11) is 2.98. The molecule has 2 heterocycles. The maximum absolute atomic E-state index is 13.6. The highest BCUT2D eigenvalue weighted by Crippen LogP contribution is 2.44. The Labute approximate surface area is 187 Å².